The zero-order valence-corrected chi connectivity index (χ0v) is 10.3. The van der Waals surface area contributed by atoms with Crippen molar-refractivity contribution in [1.29, 1.82) is 0 Å². The second-order valence-electron chi connectivity index (χ2n) is 4.40. The monoisotopic (exact) mass is 261 g/mol. The summed E-state index contributed by atoms with van der Waals surface area (Å²) in [4.78, 5) is 19.3. The van der Waals surface area contributed by atoms with Crippen LogP contribution in [0.5, 0.6) is 0 Å². The second kappa shape index (κ2) is 3.53. The number of nitrogens with two attached hydrogens (primary N) is 1. The summed E-state index contributed by atoms with van der Waals surface area (Å²) in [5, 5.41) is -1.74. The van der Waals surface area contributed by atoms with Gasteiger partial charge in [-0.05, 0) is 22.3 Å². The minimum Gasteiger partial charge on any atom is -0.323 e. The van der Waals surface area contributed by atoms with Crippen molar-refractivity contribution in [2.45, 2.75) is 5.28 Å². The van der Waals surface area contributed by atoms with Crippen LogP contribution in [0.15, 0.2) is 48.5 Å². The first-order chi connectivity index (χ1) is 8.46. The van der Waals surface area contributed by atoms with Gasteiger partial charge in [0, 0.05) is 0 Å². The molecule has 2 aromatic carbocycles. The van der Waals surface area contributed by atoms with Gasteiger partial charge in [-0.3, -0.25) is 4.57 Å². The first-order valence-electron chi connectivity index (χ1n) is 5.50. The maximum atomic E-state index is 11.9. The van der Waals surface area contributed by atoms with Crippen LogP contribution in [0, 0.1) is 0 Å². The van der Waals surface area contributed by atoms with Gasteiger partial charge in [-0.2, -0.15) is 0 Å². The molecular formula is C13H12NO3P. The van der Waals surface area contributed by atoms with Gasteiger partial charge < -0.3 is 15.5 Å². The summed E-state index contributed by atoms with van der Waals surface area (Å²) in [5.74, 6) is 0. The lowest BCUT2D eigenvalue weighted by Crippen LogP contribution is -2.35. The maximum absolute atomic E-state index is 11.9. The van der Waals surface area contributed by atoms with E-state index in [0.717, 1.165) is 11.1 Å². The Labute approximate surface area is 104 Å². The molecule has 0 unspecified atom stereocenters. The summed E-state index contributed by atoms with van der Waals surface area (Å²) in [6, 6.07) is 14.2. The number of hydrogen-bond donors (Lipinski definition) is 3. The van der Waals surface area contributed by atoms with Gasteiger partial charge in [0.25, 0.3) is 0 Å². The molecule has 0 amide bonds. The number of fused-ring (bicyclic) bond motifs is 3. The molecule has 1 aliphatic rings. The zero-order valence-electron chi connectivity index (χ0n) is 9.45. The van der Waals surface area contributed by atoms with Crippen LogP contribution in [-0.4, -0.2) is 9.79 Å². The van der Waals surface area contributed by atoms with E-state index in [0.29, 0.717) is 11.1 Å². The Balaban J connectivity index is 2.45. The topological polar surface area (TPSA) is 83.6 Å². The third-order valence-corrected chi connectivity index (χ3v) is 4.83. The highest BCUT2D eigenvalue weighted by Gasteiger charge is 2.52. The van der Waals surface area contributed by atoms with Gasteiger partial charge in [0.15, 0.2) is 5.28 Å². The highest BCUT2D eigenvalue weighted by atomic mass is 31.2. The molecule has 0 saturated carbocycles. The third-order valence-electron chi connectivity index (χ3n) is 3.43. The van der Waals surface area contributed by atoms with Crippen LogP contribution in [0.25, 0.3) is 11.1 Å². The van der Waals surface area contributed by atoms with E-state index in [9.17, 15) is 14.4 Å². The Kier molecular flexibility index (Phi) is 2.28. The third kappa shape index (κ3) is 1.29. The van der Waals surface area contributed by atoms with Crippen molar-refractivity contribution in [1.82, 2.24) is 0 Å². The molecule has 92 valence electrons. The molecule has 1 aliphatic carbocycles. The van der Waals surface area contributed by atoms with Gasteiger partial charge in [-0.1, -0.05) is 48.5 Å². The fourth-order valence-corrected chi connectivity index (χ4v) is 3.58. The molecule has 0 fully saturated rings. The summed E-state index contributed by atoms with van der Waals surface area (Å²) >= 11 is 0. The smallest absolute Gasteiger partial charge is 0.323 e. The largest absolute Gasteiger partial charge is 0.354 e. The fourth-order valence-electron chi connectivity index (χ4n) is 2.56. The van der Waals surface area contributed by atoms with Crippen LogP contribution < -0.4 is 5.73 Å². The molecule has 2 aromatic rings. The van der Waals surface area contributed by atoms with E-state index in [-0.39, 0.29) is 0 Å². The van der Waals surface area contributed by atoms with Crippen LogP contribution in [0.3, 0.4) is 0 Å². The lowest BCUT2D eigenvalue weighted by molar-refractivity contribution is 0.342. The van der Waals surface area contributed by atoms with Crippen molar-refractivity contribution in [3.63, 3.8) is 0 Å². The fraction of sp³-hybridized carbons (Fsp3) is 0.0769. The van der Waals surface area contributed by atoms with E-state index in [1.807, 2.05) is 24.3 Å². The van der Waals surface area contributed by atoms with Gasteiger partial charge in [0.2, 0.25) is 0 Å². The van der Waals surface area contributed by atoms with Crippen LogP contribution >= 0.6 is 7.60 Å². The van der Waals surface area contributed by atoms with Gasteiger partial charge in [-0.15, -0.1) is 0 Å². The molecule has 18 heavy (non-hydrogen) atoms. The minimum atomic E-state index is -4.51. The number of benzene rings is 2. The molecule has 4 nitrogen and oxygen atoms in total. The molecule has 4 N–H and O–H groups in total. The zero-order chi connectivity index (χ0) is 13.0. The number of hydrogen-bond acceptors (Lipinski definition) is 2. The highest BCUT2D eigenvalue weighted by Crippen LogP contribution is 2.63. The Morgan fingerprint density at radius 1 is 0.889 bits per heavy atom. The van der Waals surface area contributed by atoms with Gasteiger partial charge in [-0.25, -0.2) is 0 Å². The van der Waals surface area contributed by atoms with E-state index in [1.54, 1.807) is 24.3 Å². The summed E-state index contributed by atoms with van der Waals surface area (Å²) in [7, 11) is -4.51. The lowest BCUT2D eigenvalue weighted by atomic mass is 10.1. The van der Waals surface area contributed by atoms with Crippen molar-refractivity contribution >= 4 is 7.60 Å². The van der Waals surface area contributed by atoms with Crippen molar-refractivity contribution in [2.75, 3.05) is 0 Å². The van der Waals surface area contributed by atoms with Gasteiger partial charge in [0.05, 0.1) is 0 Å². The SMILES string of the molecule is NC1(P(=O)(O)O)c2ccccc2-c2ccccc21. The van der Waals surface area contributed by atoms with E-state index < -0.39 is 12.9 Å². The summed E-state index contributed by atoms with van der Waals surface area (Å²) in [6.07, 6.45) is 0. The molecule has 0 bridgehead atoms. The molecule has 3 rings (SSSR count). The Hall–Kier alpha value is -1.45. The van der Waals surface area contributed by atoms with Crippen LogP contribution in [0.2, 0.25) is 0 Å². The quantitative estimate of drug-likeness (QED) is 0.685. The normalized spacial score (nSPS) is 16.2. The maximum Gasteiger partial charge on any atom is 0.354 e. The Morgan fingerprint density at radius 2 is 1.28 bits per heavy atom. The molecule has 0 saturated heterocycles. The predicted octanol–water partition coefficient (Wildman–Crippen LogP) is 2.00. The predicted molar refractivity (Wildman–Crippen MR) is 68.9 cm³/mol. The van der Waals surface area contributed by atoms with Crippen LogP contribution in [0.1, 0.15) is 11.1 Å². The van der Waals surface area contributed by atoms with Crippen molar-refractivity contribution in [2.24, 2.45) is 5.73 Å². The van der Waals surface area contributed by atoms with E-state index in [4.69, 9.17) is 5.73 Å². The van der Waals surface area contributed by atoms with Crippen molar-refractivity contribution in [3.8, 4) is 11.1 Å². The summed E-state index contributed by atoms with van der Waals surface area (Å²) < 4.78 is 11.9. The molecule has 0 atom stereocenters. The molecule has 0 aliphatic heterocycles. The van der Waals surface area contributed by atoms with Crippen LogP contribution in [-0.2, 0) is 9.85 Å². The molecule has 5 heteroatoms. The van der Waals surface area contributed by atoms with Gasteiger partial charge in [0.1, 0.15) is 0 Å². The molecule has 0 heterocycles. The Bertz CT molecular complexity index is 632. The summed E-state index contributed by atoms with van der Waals surface area (Å²) in [5.41, 5.74) is 8.65. The van der Waals surface area contributed by atoms with E-state index in [1.165, 1.54) is 0 Å². The first-order valence-corrected chi connectivity index (χ1v) is 7.11. The van der Waals surface area contributed by atoms with E-state index in [2.05, 4.69) is 0 Å². The first kappa shape index (κ1) is 11.6. The standard InChI is InChI=1S/C13H12NO3P/c14-13(18(15,16)17)11-7-3-1-5-9(11)10-6-2-4-8-12(10)13/h1-8H,14H2,(H2,15,16,17). The molecular weight excluding hydrogens is 249 g/mol. The van der Waals surface area contributed by atoms with E-state index >= 15 is 0 Å². The average molecular weight is 261 g/mol. The van der Waals surface area contributed by atoms with Gasteiger partial charge >= 0.3 is 7.60 Å². The minimum absolute atomic E-state index is 0.486. The van der Waals surface area contributed by atoms with Crippen LogP contribution in [0.4, 0.5) is 0 Å². The van der Waals surface area contributed by atoms with Crippen molar-refractivity contribution in [3.05, 3.63) is 59.7 Å². The Morgan fingerprint density at radius 3 is 1.67 bits per heavy atom. The molecule has 0 aromatic heterocycles. The average Bonchev–Trinajstić information content (AvgIpc) is 2.62. The second-order valence-corrected chi connectivity index (χ2v) is 6.20. The lowest BCUT2D eigenvalue weighted by Gasteiger charge is -2.27. The number of rotatable bonds is 1. The summed E-state index contributed by atoms with van der Waals surface area (Å²) in [6.45, 7) is 0. The van der Waals surface area contributed by atoms with Crippen molar-refractivity contribution < 1.29 is 14.4 Å². The molecule has 0 spiro atoms. The molecule has 0 radical (unpaired) electrons. The highest BCUT2D eigenvalue weighted by molar-refractivity contribution is 7.53.